The van der Waals surface area contributed by atoms with Gasteiger partial charge in [0, 0.05) is 26.7 Å². The molecule has 0 spiro atoms. The van der Waals surface area contributed by atoms with Gasteiger partial charge >= 0.3 is 0 Å². The molecular formula is C15H25N3. The second-order valence-corrected chi connectivity index (χ2v) is 5.28. The normalized spacial score (nSPS) is 15.6. The molecule has 0 fully saturated rings. The maximum atomic E-state index is 5.65. The number of aryl methyl sites for hydroxylation is 1. The maximum Gasteiger partial charge on any atom is 0.0633 e. The Kier molecular flexibility index (Phi) is 4.12. The van der Waals surface area contributed by atoms with Gasteiger partial charge in [-0.15, -0.1) is 0 Å². The van der Waals surface area contributed by atoms with Crippen LogP contribution in [0.3, 0.4) is 0 Å². The highest BCUT2D eigenvalue weighted by Gasteiger charge is 2.20. The molecule has 1 aliphatic rings. The number of nitrogens with zero attached hydrogens (tertiary/aromatic N) is 2. The zero-order valence-corrected chi connectivity index (χ0v) is 11.9. The van der Waals surface area contributed by atoms with Crippen LogP contribution >= 0.6 is 0 Å². The predicted octanol–water partition coefficient (Wildman–Crippen LogP) is 2.30. The summed E-state index contributed by atoms with van der Waals surface area (Å²) in [6.07, 6.45) is 2.28. The minimum atomic E-state index is 0.770. The summed E-state index contributed by atoms with van der Waals surface area (Å²) in [6, 6.07) is 4.51. The van der Waals surface area contributed by atoms with E-state index in [1.165, 1.54) is 28.9 Å². The first-order valence-electron chi connectivity index (χ1n) is 6.91. The first-order chi connectivity index (χ1) is 8.65. The molecule has 0 aromatic heterocycles. The van der Waals surface area contributed by atoms with Gasteiger partial charge in [-0.05, 0) is 50.4 Å². The topological polar surface area (TPSA) is 32.5 Å². The summed E-state index contributed by atoms with van der Waals surface area (Å²) in [6.45, 7) is 8.54. The molecule has 0 atom stereocenters. The van der Waals surface area contributed by atoms with Crippen molar-refractivity contribution in [2.45, 2.75) is 26.7 Å². The molecule has 0 radical (unpaired) electrons. The molecule has 3 heteroatoms. The molecule has 0 amide bonds. The monoisotopic (exact) mass is 247 g/mol. The van der Waals surface area contributed by atoms with Crippen LogP contribution in [0.5, 0.6) is 0 Å². The molecule has 18 heavy (non-hydrogen) atoms. The quantitative estimate of drug-likeness (QED) is 0.889. The van der Waals surface area contributed by atoms with Crippen LogP contribution in [0.15, 0.2) is 12.1 Å². The van der Waals surface area contributed by atoms with Crippen molar-refractivity contribution in [1.82, 2.24) is 0 Å². The second kappa shape index (κ2) is 5.61. The van der Waals surface area contributed by atoms with Crippen LogP contribution in [0.4, 0.5) is 11.4 Å². The highest BCUT2D eigenvalue weighted by atomic mass is 15.2. The molecule has 2 rings (SSSR count). The number of rotatable bonds is 3. The lowest BCUT2D eigenvalue weighted by molar-refractivity contribution is 0.710. The van der Waals surface area contributed by atoms with Crippen molar-refractivity contribution in [3.63, 3.8) is 0 Å². The van der Waals surface area contributed by atoms with Crippen LogP contribution in [0.1, 0.15) is 24.0 Å². The third-order valence-electron chi connectivity index (χ3n) is 3.96. The molecule has 1 aliphatic heterocycles. The van der Waals surface area contributed by atoms with Crippen LogP contribution in [0, 0.1) is 13.8 Å². The largest absolute Gasteiger partial charge is 0.373 e. The number of hydrogen-bond donors (Lipinski definition) is 1. The average Bonchev–Trinajstić information content (AvgIpc) is 2.51. The Morgan fingerprint density at radius 3 is 2.72 bits per heavy atom. The fourth-order valence-corrected chi connectivity index (χ4v) is 2.77. The number of hydrogen-bond acceptors (Lipinski definition) is 3. The van der Waals surface area contributed by atoms with E-state index in [1.54, 1.807) is 0 Å². The van der Waals surface area contributed by atoms with Gasteiger partial charge in [0.25, 0.3) is 0 Å². The van der Waals surface area contributed by atoms with Crippen LogP contribution < -0.4 is 15.5 Å². The summed E-state index contributed by atoms with van der Waals surface area (Å²) in [7, 11) is 2.21. The molecule has 1 aromatic rings. The minimum absolute atomic E-state index is 0.770. The Bertz CT molecular complexity index is 414. The van der Waals surface area contributed by atoms with Gasteiger partial charge in [0.15, 0.2) is 0 Å². The number of benzene rings is 1. The molecule has 100 valence electrons. The van der Waals surface area contributed by atoms with E-state index >= 15 is 0 Å². The lowest BCUT2D eigenvalue weighted by Crippen LogP contribution is -2.26. The van der Waals surface area contributed by atoms with E-state index in [1.807, 2.05) is 0 Å². The summed E-state index contributed by atoms with van der Waals surface area (Å²) in [5.74, 6) is 0. The second-order valence-electron chi connectivity index (χ2n) is 5.28. The van der Waals surface area contributed by atoms with E-state index in [-0.39, 0.29) is 0 Å². The van der Waals surface area contributed by atoms with Crippen molar-refractivity contribution in [2.24, 2.45) is 5.73 Å². The molecule has 1 aromatic carbocycles. The number of fused-ring (bicyclic) bond motifs is 1. The van der Waals surface area contributed by atoms with E-state index in [2.05, 4.69) is 42.8 Å². The third-order valence-corrected chi connectivity index (χ3v) is 3.96. The zero-order valence-electron chi connectivity index (χ0n) is 11.9. The van der Waals surface area contributed by atoms with Gasteiger partial charge < -0.3 is 15.5 Å². The molecule has 2 N–H and O–H groups in total. The van der Waals surface area contributed by atoms with Crippen molar-refractivity contribution in [1.29, 1.82) is 0 Å². The Balaban J connectivity index is 2.40. The van der Waals surface area contributed by atoms with Crippen LogP contribution in [-0.4, -0.2) is 33.2 Å². The minimum Gasteiger partial charge on any atom is -0.373 e. The van der Waals surface area contributed by atoms with E-state index in [4.69, 9.17) is 5.73 Å². The Labute approximate surface area is 111 Å². The summed E-state index contributed by atoms with van der Waals surface area (Å²) in [5, 5.41) is 0. The Hall–Kier alpha value is -1.22. The molecule has 0 unspecified atom stereocenters. The molecule has 3 nitrogen and oxygen atoms in total. The van der Waals surface area contributed by atoms with E-state index in [0.717, 1.165) is 32.6 Å². The third kappa shape index (κ3) is 2.46. The lowest BCUT2D eigenvalue weighted by Gasteiger charge is -2.28. The van der Waals surface area contributed by atoms with Gasteiger partial charge in [0.1, 0.15) is 0 Å². The van der Waals surface area contributed by atoms with Gasteiger partial charge in [0.2, 0.25) is 0 Å². The predicted molar refractivity (Wildman–Crippen MR) is 79.7 cm³/mol. The molecule has 0 bridgehead atoms. The van der Waals surface area contributed by atoms with Crippen LogP contribution in [-0.2, 0) is 0 Å². The van der Waals surface area contributed by atoms with E-state index in [9.17, 15) is 0 Å². The van der Waals surface area contributed by atoms with Crippen molar-refractivity contribution >= 4 is 11.4 Å². The fourth-order valence-electron chi connectivity index (χ4n) is 2.77. The summed E-state index contributed by atoms with van der Waals surface area (Å²) >= 11 is 0. The number of anilines is 2. The van der Waals surface area contributed by atoms with Crippen molar-refractivity contribution in [2.75, 3.05) is 43.0 Å². The van der Waals surface area contributed by atoms with Gasteiger partial charge in [-0.2, -0.15) is 0 Å². The van der Waals surface area contributed by atoms with Crippen molar-refractivity contribution in [3.05, 3.63) is 23.3 Å². The van der Waals surface area contributed by atoms with Crippen LogP contribution in [0.25, 0.3) is 0 Å². The lowest BCUT2D eigenvalue weighted by atomic mass is 10.0. The van der Waals surface area contributed by atoms with Crippen LogP contribution in [0.2, 0.25) is 0 Å². The Morgan fingerprint density at radius 1 is 1.22 bits per heavy atom. The standard InChI is InChI=1S/C15H25N3/c1-12-6-7-14-15(13(12)2)17(3)9-5-11-18(14)10-4-8-16/h6-7H,4-5,8-11,16H2,1-3H3. The van der Waals surface area contributed by atoms with E-state index in [0.29, 0.717) is 0 Å². The highest BCUT2D eigenvalue weighted by molar-refractivity contribution is 5.76. The smallest absolute Gasteiger partial charge is 0.0633 e. The molecular weight excluding hydrogens is 222 g/mol. The fraction of sp³-hybridized carbons (Fsp3) is 0.600. The van der Waals surface area contributed by atoms with E-state index < -0.39 is 0 Å². The summed E-state index contributed by atoms with van der Waals surface area (Å²) in [5.41, 5.74) is 11.2. The maximum absolute atomic E-state index is 5.65. The SMILES string of the molecule is Cc1ccc2c(c1C)N(C)CCCN2CCCN. The van der Waals surface area contributed by atoms with Crippen molar-refractivity contribution in [3.8, 4) is 0 Å². The Morgan fingerprint density at radius 2 is 2.00 bits per heavy atom. The van der Waals surface area contributed by atoms with Gasteiger partial charge in [-0.25, -0.2) is 0 Å². The van der Waals surface area contributed by atoms with Crippen molar-refractivity contribution < 1.29 is 0 Å². The zero-order chi connectivity index (χ0) is 13.1. The molecule has 0 aliphatic carbocycles. The first kappa shape index (κ1) is 13.2. The highest BCUT2D eigenvalue weighted by Crippen LogP contribution is 2.36. The molecule has 0 saturated heterocycles. The number of nitrogens with two attached hydrogens (primary N) is 1. The summed E-state index contributed by atoms with van der Waals surface area (Å²) < 4.78 is 0. The molecule has 1 heterocycles. The summed E-state index contributed by atoms with van der Waals surface area (Å²) in [4.78, 5) is 4.90. The molecule has 0 saturated carbocycles. The van der Waals surface area contributed by atoms with Gasteiger partial charge in [0.05, 0.1) is 11.4 Å². The van der Waals surface area contributed by atoms with Gasteiger partial charge in [-0.3, -0.25) is 0 Å². The average molecular weight is 247 g/mol. The van der Waals surface area contributed by atoms with Gasteiger partial charge in [-0.1, -0.05) is 6.07 Å². The first-order valence-corrected chi connectivity index (χ1v) is 6.91.